The van der Waals surface area contributed by atoms with E-state index in [0.29, 0.717) is 5.56 Å². The van der Waals surface area contributed by atoms with Crippen molar-refractivity contribution in [1.82, 2.24) is 5.32 Å². The summed E-state index contributed by atoms with van der Waals surface area (Å²) in [7, 11) is 3.92. The summed E-state index contributed by atoms with van der Waals surface area (Å²) < 4.78 is 13.8. The molecule has 4 heteroatoms. The third-order valence-corrected chi connectivity index (χ3v) is 3.77. The first-order valence-electron chi connectivity index (χ1n) is 7.30. The number of rotatable bonds is 8. The van der Waals surface area contributed by atoms with Crippen LogP contribution in [0.1, 0.15) is 43.4 Å². The monoisotopic (exact) mass is 282 g/mol. The van der Waals surface area contributed by atoms with E-state index >= 15 is 0 Å². The lowest BCUT2D eigenvalue weighted by molar-refractivity contribution is 0.283. The predicted octanol–water partition coefficient (Wildman–Crippen LogP) is 3.01. The van der Waals surface area contributed by atoms with Crippen LogP contribution >= 0.6 is 0 Å². The molecule has 0 radical (unpaired) electrons. The molecule has 2 N–H and O–H groups in total. The number of nitrogens with zero attached hydrogens (tertiary/aromatic N) is 1. The number of anilines is 1. The Kier molecular flexibility index (Phi) is 6.96. The van der Waals surface area contributed by atoms with Gasteiger partial charge < -0.3 is 15.3 Å². The van der Waals surface area contributed by atoms with Crippen molar-refractivity contribution in [2.24, 2.45) is 0 Å². The second kappa shape index (κ2) is 8.22. The zero-order valence-electron chi connectivity index (χ0n) is 13.0. The number of hydrogen-bond donors (Lipinski definition) is 2. The van der Waals surface area contributed by atoms with Gasteiger partial charge in [0, 0.05) is 31.9 Å². The van der Waals surface area contributed by atoms with E-state index in [2.05, 4.69) is 10.2 Å². The number of halogens is 1. The maximum Gasteiger partial charge on any atom is 0.126 e. The molecule has 1 atom stereocenters. The molecule has 0 aromatic heterocycles. The minimum Gasteiger partial charge on any atom is -0.396 e. The number of aliphatic hydroxyl groups is 1. The van der Waals surface area contributed by atoms with Crippen LogP contribution in [0.15, 0.2) is 12.1 Å². The van der Waals surface area contributed by atoms with Crippen molar-refractivity contribution in [3.63, 3.8) is 0 Å². The van der Waals surface area contributed by atoms with E-state index in [1.165, 1.54) is 0 Å². The SMILES string of the molecule is CNC(C)c1cc(F)c(C)cc1N(C)CCCCCO. The average molecular weight is 282 g/mol. The summed E-state index contributed by atoms with van der Waals surface area (Å²) in [6, 6.07) is 3.67. The fraction of sp³-hybridized carbons (Fsp3) is 0.625. The van der Waals surface area contributed by atoms with Gasteiger partial charge >= 0.3 is 0 Å². The van der Waals surface area contributed by atoms with E-state index in [-0.39, 0.29) is 18.5 Å². The quantitative estimate of drug-likeness (QED) is 0.720. The molecule has 0 aliphatic carbocycles. The molecule has 1 unspecified atom stereocenters. The maximum atomic E-state index is 13.8. The lowest BCUT2D eigenvalue weighted by Gasteiger charge is -2.26. The van der Waals surface area contributed by atoms with Gasteiger partial charge in [0.25, 0.3) is 0 Å². The Morgan fingerprint density at radius 3 is 2.60 bits per heavy atom. The Labute approximate surface area is 121 Å². The van der Waals surface area contributed by atoms with Gasteiger partial charge in [0.05, 0.1) is 0 Å². The van der Waals surface area contributed by atoms with Crippen LogP contribution in [0.4, 0.5) is 10.1 Å². The molecule has 114 valence electrons. The molecule has 1 aromatic rings. The number of benzene rings is 1. The van der Waals surface area contributed by atoms with Crippen molar-refractivity contribution in [3.05, 3.63) is 29.1 Å². The van der Waals surface area contributed by atoms with Crippen LogP contribution in [0.2, 0.25) is 0 Å². The van der Waals surface area contributed by atoms with Gasteiger partial charge in [-0.05, 0) is 63.4 Å². The molecule has 0 fully saturated rings. The molecule has 0 spiro atoms. The summed E-state index contributed by atoms with van der Waals surface area (Å²) in [5, 5.41) is 12.0. The van der Waals surface area contributed by atoms with Gasteiger partial charge in [-0.2, -0.15) is 0 Å². The second-order valence-corrected chi connectivity index (χ2v) is 5.38. The summed E-state index contributed by atoms with van der Waals surface area (Å²) in [4.78, 5) is 2.17. The van der Waals surface area contributed by atoms with Crippen LogP contribution in [0, 0.1) is 12.7 Å². The normalized spacial score (nSPS) is 12.5. The van der Waals surface area contributed by atoms with E-state index in [9.17, 15) is 4.39 Å². The first-order valence-corrected chi connectivity index (χ1v) is 7.30. The molecular weight excluding hydrogens is 255 g/mol. The number of aliphatic hydroxyl groups excluding tert-OH is 1. The van der Waals surface area contributed by atoms with E-state index in [4.69, 9.17) is 5.11 Å². The molecule has 0 aliphatic rings. The van der Waals surface area contributed by atoms with E-state index in [1.54, 1.807) is 13.0 Å². The smallest absolute Gasteiger partial charge is 0.126 e. The van der Waals surface area contributed by atoms with Crippen LogP contribution < -0.4 is 10.2 Å². The van der Waals surface area contributed by atoms with Gasteiger partial charge in [-0.1, -0.05) is 0 Å². The molecule has 0 bridgehead atoms. The maximum absolute atomic E-state index is 13.8. The number of unbranched alkanes of at least 4 members (excludes halogenated alkanes) is 2. The summed E-state index contributed by atoms with van der Waals surface area (Å²) in [5.74, 6) is -0.153. The number of aryl methyl sites for hydroxylation is 1. The van der Waals surface area contributed by atoms with Crippen molar-refractivity contribution in [2.45, 2.75) is 39.2 Å². The Bertz CT molecular complexity index is 423. The van der Waals surface area contributed by atoms with Crippen molar-refractivity contribution in [3.8, 4) is 0 Å². The lowest BCUT2D eigenvalue weighted by atomic mass is 10.0. The Hall–Kier alpha value is -1.13. The average Bonchev–Trinajstić information content (AvgIpc) is 2.44. The van der Waals surface area contributed by atoms with Crippen LogP contribution in [-0.2, 0) is 0 Å². The highest BCUT2D eigenvalue weighted by Gasteiger charge is 2.15. The van der Waals surface area contributed by atoms with Gasteiger partial charge in [-0.25, -0.2) is 4.39 Å². The molecule has 0 amide bonds. The zero-order chi connectivity index (χ0) is 15.1. The highest BCUT2D eigenvalue weighted by molar-refractivity contribution is 5.56. The fourth-order valence-corrected chi connectivity index (χ4v) is 2.27. The summed E-state index contributed by atoms with van der Waals surface area (Å²) in [6.07, 6.45) is 2.88. The molecule has 0 saturated heterocycles. The Morgan fingerprint density at radius 1 is 1.30 bits per heavy atom. The first kappa shape index (κ1) is 16.9. The largest absolute Gasteiger partial charge is 0.396 e. The summed E-state index contributed by atoms with van der Waals surface area (Å²) >= 11 is 0. The molecule has 20 heavy (non-hydrogen) atoms. The minimum atomic E-state index is -0.153. The molecule has 0 saturated carbocycles. The van der Waals surface area contributed by atoms with Crippen LogP contribution in [0.25, 0.3) is 0 Å². The number of hydrogen-bond acceptors (Lipinski definition) is 3. The van der Waals surface area contributed by atoms with Crippen LogP contribution in [0.5, 0.6) is 0 Å². The lowest BCUT2D eigenvalue weighted by Crippen LogP contribution is -2.23. The molecule has 1 rings (SSSR count). The predicted molar refractivity (Wildman–Crippen MR) is 82.8 cm³/mol. The molecule has 0 heterocycles. The van der Waals surface area contributed by atoms with Crippen LogP contribution in [0.3, 0.4) is 0 Å². The zero-order valence-corrected chi connectivity index (χ0v) is 13.0. The van der Waals surface area contributed by atoms with E-state index in [0.717, 1.165) is 37.1 Å². The molecule has 0 aliphatic heterocycles. The Balaban J connectivity index is 2.88. The van der Waals surface area contributed by atoms with Crippen molar-refractivity contribution in [2.75, 3.05) is 32.1 Å². The third-order valence-electron chi connectivity index (χ3n) is 3.77. The van der Waals surface area contributed by atoms with Crippen molar-refractivity contribution in [1.29, 1.82) is 0 Å². The highest BCUT2D eigenvalue weighted by atomic mass is 19.1. The van der Waals surface area contributed by atoms with Gasteiger partial charge in [0.2, 0.25) is 0 Å². The van der Waals surface area contributed by atoms with Gasteiger partial charge in [0.15, 0.2) is 0 Å². The summed E-state index contributed by atoms with van der Waals surface area (Å²) in [6.45, 7) is 5.00. The molecule has 3 nitrogen and oxygen atoms in total. The minimum absolute atomic E-state index is 0.111. The van der Waals surface area contributed by atoms with Crippen LogP contribution in [-0.4, -0.2) is 32.4 Å². The topological polar surface area (TPSA) is 35.5 Å². The van der Waals surface area contributed by atoms with E-state index in [1.807, 2.05) is 27.1 Å². The van der Waals surface area contributed by atoms with Gasteiger partial charge in [0.1, 0.15) is 5.82 Å². The third kappa shape index (κ3) is 4.46. The van der Waals surface area contributed by atoms with E-state index < -0.39 is 0 Å². The van der Waals surface area contributed by atoms with Crippen molar-refractivity contribution < 1.29 is 9.50 Å². The molecule has 1 aromatic carbocycles. The van der Waals surface area contributed by atoms with Crippen molar-refractivity contribution >= 4 is 5.69 Å². The standard InChI is InChI=1S/C16H27FN2O/c1-12-10-16(19(4)8-6-5-7-9-20)14(11-15(12)17)13(2)18-3/h10-11,13,18,20H,5-9H2,1-4H3. The highest BCUT2D eigenvalue weighted by Crippen LogP contribution is 2.28. The second-order valence-electron chi connectivity index (χ2n) is 5.38. The first-order chi connectivity index (χ1) is 9.51. The number of nitrogens with one attached hydrogen (secondary N) is 1. The van der Waals surface area contributed by atoms with Gasteiger partial charge in [-0.15, -0.1) is 0 Å². The van der Waals surface area contributed by atoms with Gasteiger partial charge in [-0.3, -0.25) is 0 Å². The summed E-state index contributed by atoms with van der Waals surface area (Å²) in [5.41, 5.74) is 2.74. The fourth-order valence-electron chi connectivity index (χ4n) is 2.27. The Morgan fingerprint density at radius 2 is 2.00 bits per heavy atom. The molecular formula is C16H27FN2O.